The molecule has 3 rings (SSSR count). The molecule has 0 aliphatic carbocycles. The zero-order chi connectivity index (χ0) is 20.1. The maximum Gasteiger partial charge on any atom is 0.277 e. The van der Waals surface area contributed by atoms with Crippen molar-refractivity contribution in [1.82, 2.24) is 10.2 Å². The third kappa shape index (κ3) is 5.50. The zero-order valence-corrected chi connectivity index (χ0v) is 17.4. The van der Waals surface area contributed by atoms with Gasteiger partial charge in [0.1, 0.15) is 5.75 Å². The average molecular weight is 418 g/mol. The lowest BCUT2D eigenvalue weighted by Crippen LogP contribution is -2.14. The largest absolute Gasteiger partial charge is 0.484 e. The van der Waals surface area contributed by atoms with E-state index in [2.05, 4.69) is 15.5 Å². The molecule has 8 heteroatoms. The van der Waals surface area contributed by atoms with Gasteiger partial charge in [0.15, 0.2) is 6.61 Å². The van der Waals surface area contributed by atoms with Crippen molar-refractivity contribution in [2.45, 2.75) is 32.6 Å². The van der Waals surface area contributed by atoms with Crippen LogP contribution >= 0.6 is 23.4 Å². The van der Waals surface area contributed by atoms with Crippen molar-refractivity contribution < 1.29 is 13.9 Å². The van der Waals surface area contributed by atoms with Gasteiger partial charge in [-0.1, -0.05) is 41.6 Å². The number of nitrogens with one attached hydrogen (secondary N) is 1. The molecule has 2 aromatic carbocycles. The summed E-state index contributed by atoms with van der Waals surface area (Å²) in [5.41, 5.74) is 3.75. The van der Waals surface area contributed by atoms with E-state index in [9.17, 15) is 4.79 Å². The minimum Gasteiger partial charge on any atom is -0.484 e. The van der Waals surface area contributed by atoms with Crippen LogP contribution in [0.1, 0.15) is 22.6 Å². The van der Waals surface area contributed by atoms with E-state index in [1.807, 2.05) is 45.0 Å². The molecule has 0 fully saturated rings. The molecular formula is C20H20ClN3O3S. The highest BCUT2D eigenvalue weighted by Gasteiger charge is 2.11. The summed E-state index contributed by atoms with van der Waals surface area (Å²) in [6.07, 6.45) is 0. The SMILES string of the molecule is Cc1ccc(C)c(OCc2nnc(SCC(=O)Nc3ccc(C)c(Cl)c3)o2)c1. The lowest BCUT2D eigenvalue weighted by Gasteiger charge is -2.07. The summed E-state index contributed by atoms with van der Waals surface area (Å²) in [4.78, 5) is 12.1. The quantitative estimate of drug-likeness (QED) is 0.547. The first kappa shape index (κ1) is 20.2. The number of benzene rings is 2. The Bertz CT molecular complexity index is 991. The summed E-state index contributed by atoms with van der Waals surface area (Å²) < 4.78 is 11.3. The van der Waals surface area contributed by atoms with Crippen LogP contribution in [0.5, 0.6) is 5.75 Å². The predicted octanol–water partition coefficient (Wildman–Crippen LogP) is 4.96. The van der Waals surface area contributed by atoms with Gasteiger partial charge in [-0.15, -0.1) is 10.2 Å². The average Bonchev–Trinajstić information content (AvgIpc) is 3.12. The molecule has 6 nitrogen and oxygen atoms in total. The second-order valence-corrected chi connectivity index (χ2v) is 7.65. The van der Waals surface area contributed by atoms with Gasteiger partial charge in [0.2, 0.25) is 5.91 Å². The standard InChI is InChI=1S/C20H20ClN3O3S/c1-12-4-5-14(3)17(8-12)26-10-19-23-24-20(27-19)28-11-18(25)22-15-7-6-13(2)16(21)9-15/h4-9H,10-11H2,1-3H3,(H,22,25). The van der Waals surface area contributed by atoms with Crippen LogP contribution in [0.2, 0.25) is 5.02 Å². The van der Waals surface area contributed by atoms with Crippen molar-refractivity contribution in [3.63, 3.8) is 0 Å². The molecule has 28 heavy (non-hydrogen) atoms. The lowest BCUT2D eigenvalue weighted by molar-refractivity contribution is -0.113. The molecule has 0 aliphatic rings. The second-order valence-electron chi connectivity index (χ2n) is 6.32. The maximum atomic E-state index is 12.1. The number of aryl methyl sites for hydroxylation is 3. The van der Waals surface area contributed by atoms with E-state index in [1.165, 1.54) is 0 Å². The molecule has 0 saturated heterocycles. The molecule has 0 saturated carbocycles. The Labute approximate surface area is 172 Å². The number of anilines is 1. The second kappa shape index (κ2) is 9.12. The van der Waals surface area contributed by atoms with Gasteiger partial charge < -0.3 is 14.5 Å². The Morgan fingerprint density at radius 3 is 2.71 bits per heavy atom. The number of carbonyl (C=O) groups is 1. The van der Waals surface area contributed by atoms with Crippen LogP contribution in [0.3, 0.4) is 0 Å². The van der Waals surface area contributed by atoms with Crippen LogP contribution in [0, 0.1) is 20.8 Å². The smallest absolute Gasteiger partial charge is 0.277 e. The fourth-order valence-corrected chi connectivity index (χ4v) is 3.11. The first-order chi connectivity index (χ1) is 13.4. The van der Waals surface area contributed by atoms with Gasteiger partial charge in [-0.3, -0.25) is 4.79 Å². The topological polar surface area (TPSA) is 77.2 Å². The fourth-order valence-electron chi connectivity index (χ4n) is 2.35. The monoisotopic (exact) mass is 417 g/mol. The van der Waals surface area contributed by atoms with Gasteiger partial charge in [0.05, 0.1) is 5.75 Å². The molecule has 0 aliphatic heterocycles. The van der Waals surface area contributed by atoms with Gasteiger partial charge in [0, 0.05) is 10.7 Å². The number of rotatable bonds is 7. The van der Waals surface area contributed by atoms with Crippen LogP contribution in [0.4, 0.5) is 5.69 Å². The first-order valence-corrected chi connectivity index (χ1v) is 9.98. The lowest BCUT2D eigenvalue weighted by atomic mass is 10.1. The Kier molecular flexibility index (Phi) is 6.59. The summed E-state index contributed by atoms with van der Waals surface area (Å²) in [6.45, 7) is 6.06. The molecule has 0 bridgehead atoms. The predicted molar refractivity (Wildman–Crippen MR) is 110 cm³/mol. The van der Waals surface area contributed by atoms with Crippen LogP contribution in [-0.4, -0.2) is 21.9 Å². The normalized spacial score (nSPS) is 10.7. The molecule has 146 valence electrons. The highest BCUT2D eigenvalue weighted by atomic mass is 35.5. The number of aromatic nitrogens is 2. The molecule has 0 atom stereocenters. The van der Waals surface area contributed by atoms with Crippen LogP contribution < -0.4 is 10.1 Å². The van der Waals surface area contributed by atoms with E-state index in [0.717, 1.165) is 34.2 Å². The zero-order valence-electron chi connectivity index (χ0n) is 15.8. The van der Waals surface area contributed by atoms with E-state index in [4.69, 9.17) is 20.8 Å². The van der Waals surface area contributed by atoms with Crippen molar-refractivity contribution in [2.24, 2.45) is 0 Å². The molecule has 3 aromatic rings. The number of hydrogen-bond donors (Lipinski definition) is 1. The van der Waals surface area contributed by atoms with Crippen LogP contribution in [0.25, 0.3) is 0 Å². The Hall–Kier alpha value is -2.51. The third-order valence-corrected chi connectivity index (χ3v) is 5.15. The number of thioether (sulfide) groups is 1. The van der Waals surface area contributed by atoms with Crippen molar-refractivity contribution in [2.75, 3.05) is 11.1 Å². The van der Waals surface area contributed by atoms with E-state index in [1.54, 1.807) is 12.1 Å². The number of ether oxygens (including phenoxy) is 1. The van der Waals surface area contributed by atoms with Crippen LogP contribution in [0.15, 0.2) is 46.0 Å². The minimum absolute atomic E-state index is 0.144. The molecule has 1 aromatic heterocycles. The number of carbonyl (C=O) groups excluding carboxylic acids is 1. The fraction of sp³-hybridized carbons (Fsp3) is 0.250. The van der Waals surface area contributed by atoms with Gasteiger partial charge >= 0.3 is 0 Å². The summed E-state index contributed by atoms with van der Waals surface area (Å²) in [7, 11) is 0. The van der Waals surface area contributed by atoms with Crippen molar-refractivity contribution in [3.8, 4) is 5.75 Å². The van der Waals surface area contributed by atoms with E-state index in [0.29, 0.717) is 21.8 Å². The Morgan fingerprint density at radius 2 is 1.93 bits per heavy atom. The maximum absolute atomic E-state index is 12.1. The molecule has 1 heterocycles. The van der Waals surface area contributed by atoms with Crippen molar-refractivity contribution in [3.05, 3.63) is 64.0 Å². The molecule has 1 amide bonds. The molecule has 0 spiro atoms. The number of amides is 1. The van der Waals surface area contributed by atoms with Gasteiger partial charge in [-0.2, -0.15) is 0 Å². The minimum atomic E-state index is -0.184. The van der Waals surface area contributed by atoms with E-state index < -0.39 is 0 Å². The third-order valence-electron chi connectivity index (χ3n) is 3.93. The van der Waals surface area contributed by atoms with Crippen molar-refractivity contribution in [1.29, 1.82) is 0 Å². The summed E-state index contributed by atoms with van der Waals surface area (Å²) in [6, 6.07) is 11.4. The Morgan fingerprint density at radius 1 is 1.14 bits per heavy atom. The number of nitrogens with zero attached hydrogens (tertiary/aromatic N) is 2. The summed E-state index contributed by atoms with van der Waals surface area (Å²) in [5.74, 6) is 1.10. The first-order valence-electron chi connectivity index (χ1n) is 8.62. The Balaban J connectivity index is 1.49. The molecular weight excluding hydrogens is 398 g/mol. The van der Waals surface area contributed by atoms with E-state index in [-0.39, 0.29) is 18.3 Å². The summed E-state index contributed by atoms with van der Waals surface area (Å²) in [5, 5.41) is 11.6. The molecule has 0 radical (unpaired) electrons. The van der Waals surface area contributed by atoms with Gasteiger partial charge in [0.25, 0.3) is 11.1 Å². The highest BCUT2D eigenvalue weighted by Crippen LogP contribution is 2.23. The number of hydrogen-bond acceptors (Lipinski definition) is 6. The highest BCUT2D eigenvalue weighted by molar-refractivity contribution is 7.99. The summed E-state index contributed by atoms with van der Waals surface area (Å²) >= 11 is 7.23. The van der Waals surface area contributed by atoms with Crippen molar-refractivity contribution >= 4 is 35.0 Å². The van der Waals surface area contributed by atoms with E-state index >= 15 is 0 Å². The number of halogens is 1. The molecule has 1 N–H and O–H groups in total. The van der Waals surface area contributed by atoms with Gasteiger partial charge in [-0.05, 0) is 55.7 Å². The van der Waals surface area contributed by atoms with Gasteiger partial charge in [-0.25, -0.2) is 0 Å². The molecule has 0 unspecified atom stereocenters. The van der Waals surface area contributed by atoms with Crippen LogP contribution in [-0.2, 0) is 11.4 Å².